The van der Waals surface area contributed by atoms with Crippen LogP contribution in [-0.4, -0.2) is 44.8 Å². The molecule has 32 heavy (non-hydrogen) atoms. The van der Waals surface area contributed by atoms with Gasteiger partial charge in [-0.2, -0.15) is 0 Å². The Morgan fingerprint density at radius 1 is 1.12 bits per heavy atom. The first-order valence-electron chi connectivity index (χ1n) is 11.3. The average molecular weight is 437 g/mol. The lowest BCUT2D eigenvalue weighted by molar-refractivity contribution is -0.116. The Hall–Kier alpha value is -2.90. The van der Waals surface area contributed by atoms with Crippen molar-refractivity contribution in [2.75, 3.05) is 32.1 Å². The van der Waals surface area contributed by atoms with Crippen molar-refractivity contribution in [3.8, 4) is 0 Å². The van der Waals surface area contributed by atoms with Crippen LogP contribution in [0.5, 0.6) is 0 Å². The first-order valence-corrected chi connectivity index (χ1v) is 11.3. The molecule has 1 atom stereocenters. The highest BCUT2D eigenvalue weighted by Crippen LogP contribution is 2.31. The second-order valence-electron chi connectivity index (χ2n) is 8.29. The fourth-order valence-corrected chi connectivity index (χ4v) is 4.20. The van der Waals surface area contributed by atoms with Gasteiger partial charge in [-0.25, -0.2) is 0 Å². The summed E-state index contributed by atoms with van der Waals surface area (Å²) in [7, 11) is 1.76. The van der Waals surface area contributed by atoms with Gasteiger partial charge in [0.1, 0.15) is 0 Å². The van der Waals surface area contributed by atoms with Gasteiger partial charge in [0.15, 0.2) is 5.96 Å². The zero-order valence-corrected chi connectivity index (χ0v) is 18.6. The van der Waals surface area contributed by atoms with E-state index in [1.54, 1.807) is 7.05 Å². The van der Waals surface area contributed by atoms with Crippen LogP contribution >= 0.6 is 0 Å². The Kier molecular flexibility index (Phi) is 7.74. The summed E-state index contributed by atoms with van der Waals surface area (Å²) in [6, 6.07) is 16.4. The van der Waals surface area contributed by atoms with Crippen molar-refractivity contribution in [1.29, 1.82) is 0 Å². The molecule has 4 rings (SSSR count). The normalized spacial score (nSPS) is 19.2. The Balaban J connectivity index is 1.27. The molecule has 7 nitrogen and oxygen atoms in total. The topological polar surface area (TPSA) is 84.0 Å². The Morgan fingerprint density at radius 2 is 1.94 bits per heavy atom. The summed E-state index contributed by atoms with van der Waals surface area (Å²) in [6.07, 6.45) is 2.70. The van der Waals surface area contributed by atoms with E-state index in [1.165, 1.54) is 11.1 Å². The molecule has 1 saturated heterocycles. The fraction of sp³-hybridized carbons (Fsp3) is 0.440. The van der Waals surface area contributed by atoms with E-state index in [0.29, 0.717) is 32.2 Å². The Morgan fingerprint density at radius 3 is 2.78 bits per heavy atom. The molecule has 3 N–H and O–H groups in total. The summed E-state index contributed by atoms with van der Waals surface area (Å²) in [5.41, 5.74) is 4.40. The van der Waals surface area contributed by atoms with E-state index in [2.05, 4.69) is 51.3 Å². The molecule has 0 bridgehead atoms. The minimum absolute atomic E-state index is 0.0539. The van der Waals surface area contributed by atoms with Gasteiger partial charge in [0.25, 0.3) is 0 Å². The molecule has 1 fully saturated rings. The van der Waals surface area contributed by atoms with Crippen molar-refractivity contribution in [3.63, 3.8) is 0 Å². The van der Waals surface area contributed by atoms with Crippen LogP contribution in [0.4, 0.5) is 5.69 Å². The number of carbonyl (C=O) groups excluding carboxylic acids is 1. The molecule has 7 heteroatoms. The number of para-hydroxylation sites is 1. The summed E-state index contributed by atoms with van der Waals surface area (Å²) >= 11 is 0. The van der Waals surface area contributed by atoms with Gasteiger partial charge in [0.2, 0.25) is 5.91 Å². The lowest BCUT2D eigenvalue weighted by Crippen LogP contribution is -2.40. The largest absolute Gasteiger partial charge is 0.381 e. The molecule has 0 saturated carbocycles. The summed E-state index contributed by atoms with van der Waals surface area (Å²) in [5, 5.41) is 9.70. The molecule has 2 heterocycles. The van der Waals surface area contributed by atoms with Crippen LogP contribution in [0, 0.1) is 0 Å². The molecule has 2 aliphatic heterocycles. The lowest BCUT2D eigenvalue weighted by atomic mass is 9.90. The van der Waals surface area contributed by atoms with Crippen LogP contribution in [-0.2, 0) is 27.4 Å². The molecule has 0 aliphatic carbocycles. The second-order valence-corrected chi connectivity index (χ2v) is 8.29. The minimum atomic E-state index is 0.0539. The number of hydrogen-bond acceptors (Lipinski definition) is 4. The number of nitrogens with one attached hydrogen (secondary N) is 3. The molecule has 1 amide bonds. The smallest absolute Gasteiger partial charge is 0.225 e. The van der Waals surface area contributed by atoms with E-state index in [0.717, 1.165) is 43.3 Å². The van der Waals surface area contributed by atoms with Crippen LogP contribution in [0.1, 0.15) is 41.9 Å². The van der Waals surface area contributed by atoms with Gasteiger partial charge in [-0.05, 0) is 35.6 Å². The number of carbonyl (C=O) groups is 1. The molecule has 170 valence electrons. The number of guanidine groups is 1. The van der Waals surface area contributed by atoms with E-state index < -0.39 is 0 Å². The number of hydrogen-bond donors (Lipinski definition) is 3. The number of fused-ring (bicyclic) bond motifs is 1. The van der Waals surface area contributed by atoms with Gasteiger partial charge in [-0.1, -0.05) is 42.5 Å². The Bertz CT molecular complexity index is 940. The van der Waals surface area contributed by atoms with Crippen LogP contribution in [0.2, 0.25) is 0 Å². The minimum Gasteiger partial charge on any atom is -0.381 e. The van der Waals surface area contributed by atoms with Crippen LogP contribution in [0.15, 0.2) is 53.5 Å². The fourth-order valence-electron chi connectivity index (χ4n) is 4.20. The van der Waals surface area contributed by atoms with Gasteiger partial charge < -0.3 is 25.4 Å². The van der Waals surface area contributed by atoms with Crippen LogP contribution in [0.3, 0.4) is 0 Å². The van der Waals surface area contributed by atoms with Crippen molar-refractivity contribution in [2.45, 2.75) is 44.4 Å². The van der Waals surface area contributed by atoms with Crippen LogP contribution < -0.4 is 16.0 Å². The highest BCUT2D eigenvalue weighted by atomic mass is 16.5. The van der Waals surface area contributed by atoms with E-state index in [4.69, 9.17) is 9.47 Å². The first kappa shape index (κ1) is 22.3. The number of rotatable bonds is 7. The standard InChI is InChI=1S/C25H32N4O3/c1-26-25(28-16-20-14-24(30)29-23-8-3-2-7-22(20)23)27-15-18-5-4-6-19(13-18)17-32-21-9-11-31-12-10-21/h2-8,13,20-21H,9-12,14-17H2,1H3,(H,29,30)(H2,26,27,28). The average Bonchev–Trinajstić information content (AvgIpc) is 2.83. The maximum absolute atomic E-state index is 12.0. The van der Waals surface area contributed by atoms with Crippen molar-refractivity contribution in [3.05, 3.63) is 65.2 Å². The summed E-state index contributed by atoms with van der Waals surface area (Å²) in [6.45, 7) is 3.50. The van der Waals surface area contributed by atoms with E-state index in [-0.39, 0.29) is 11.8 Å². The highest BCUT2D eigenvalue weighted by molar-refractivity contribution is 5.94. The number of ether oxygens (including phenoxy) is 2. The monoisotopic (exact) mass is 436 g/mol. The highest BCUT2D eigenvalue weighted by Gasteiger charge is 2.24. The molecule has 2 aromatic carbocycles. The number of amides is 1. The van der Waals surface area contributed by atoms with Gasteiger partial charge in [-0.15, -0.1) is 0 Å². The number of nitrogens with zero attached hydrogens (tertiary/aromatic N) is 1. The predicted molar refractivity (Wildman–Crippen MR) is 126 cm³/mol. The third-order valence-electron chi connectivity index (χ3n) is 5.95. The van der Waals surface area contributed by atoms with Crippen molar-refractivity contribution < 1.29 is 14.3 Å². The Labute approximate surface area is 189 Å². The molecule has 2 aromatic rings. The molecular formula is C25H32N4O3. The van der Waals surface area contributed by atoms with Gasteiger partial charge in [-0.3, -0.25) is 9.79 Å². The summed E-state index contributed by atoms with van der Waals surface area (Å²) < 4.78 is 11.4. The van der Waals surface area contributed by atoms with E-state index >= 15 is 0 Å². The van der Waals surface area contributed by atoms with E-state index in [1.807, 2.05) is 18.2 Å². The van der Waals surface area contributed by atoms with Crippen molar-refractivity contribution in [2.24, 2.45) is 4.99 Å². The first-order chi connectivity index (χ1) is 15.7. The van der Waals surface area contributed by atoms with Crippen molar-refractivity contribution >= 4 is 17.6 Å². The van der Waals surface area contributed by atoms with Crippen LogP contribution in [0.25, 0.3) is 0 Å². The number of anilines is 1. The van der Waals surface area contributed by atoms with Gasteiger partial charge in [0.05, 0.1) is 12.7 Å². The number of aliphatic imine (C=N–C) groups is 1. The van der Waals surface area contributed by atoms with Crippen molar-refractivity contribution in [1.82, 2.24) is 10.6 Å². The zero-order chi connectivity index (χ0) is 22.2. The van der Waals surface area contributed by atoms with E-state index in [9.17, 15) is 4.79 Å². The second kappa shape index (κ2) is 11.1. The lowest BCUT2D eigenvalue weighted by Gasteiger charge is -2.26. The molecule has 1 unspecified atom stereocenters. The summed E-state index contributed by atoms with van der Waals surface area (Å²) in [5.74, 6) is 0.889. The quantitative estimate of drug-likeness (QED) is 0.459. The molecule has 2 aliphatic rings. The maximum Gasteiger partial charge on any atom is 0.225 e. The summed E-state index contributed by atoms with van der Waals surface area (Å²) in [4.78, 5) is 16.4. The maximum atomic E-state index is 12.0. The van der Waals surface area contributed by atoms with Gasteiger partial charge >= 0.3 is 0 Å². The number of benzene rings is 2. The SMILES string of the molecule is CN=C(NCc1cccc(COC2CCOCC2)c1)NCC1CC(=O)Nc2ccccc21. The third-order valence-corrected chi connectivity index (χ3v) is 5.95. The zero-order valence-electron chi connectivity index (χ0n) is 18.6. The molecule has 0 aromatic heterocycles. The molecule has 0 spiro atoms. The van der Waals surface area contributed by atoms with Gasteiger partial charge in [0, 0.05) is 51.4 Å². The molecular weight excluding hydrogens is 404 g/mol. The molecule has 0 radical (unpaired) electrons. The third kappa shape index (κ3) is 6.08. The predicted octanol–water partition coefficient (Wildman–Crippen LogP) is 3.17.